The molecule has 144 valence electrons. The molecule has 0 saturated heterocycles. The van der Waals surface area contributed by atoms with Gasteiger partial charge in [-0.05, 0) is 42.5 Å². The van der Waals surface area contributed by atoms with Crippen molar-refractivity contribution in [1.29, 1.82) is 0 Å². The third kappa shape index (κ3) is 6.72. The zero-order chi connectivity index (χ0) is 18.4. The highest BCUT2D eigenvalue weighted by atomic mass is 127. The minimum absolute atomic E-state index is 0. The number of nitrogens with two attached hydrogens (primary N) is 1. The Bertz CT molecular complexity index is 866. The maximum Gasteiger partial charge on any atom is 0.247 e. The van der Waals surface area contributed by atoms with Crippen LogP contribution in [0.1, 0.15) is 16.0 Å². The van der Waals surface area contributed by atoms with Crippen LogP contribution in [0.25, 0.3) is 0 Å². The number of guanidine groups is 1. The first kappa shape index (κ1) is 23.2. The highest BCUT2D eigenvalue weighted by Crippen LogP contribution is 2.22. The summed E-state index contributed by atoms with van der Waals surface area (Å²) in [6.45, 7) is 3.21. The predicted octanol–water partition coefficient (Wildman–Crippen LogP) is 2.91. The molecule has 2 aromatic rings. The van der Waals surface area contributed by atoms with Crippen LogP contribution in [0.4, 0.5) is 0 Å². The largest absolute Gasteiger partial charge is 0.352 e. The summed E-state index contributed by atoms with van der Waals surface area (Å²) in [6.07, 6.45) is 2.06. The van der Waals surface area contributed by atoms with Gasteiger partial charge in [-0.2, -0.15) is 0 Å². The van der Waals surface area contributed by atoms with Crippen molar-refractivity contribution in [3.05, 3.63) is 46.3 Å². The van der Waals surface area contributed by atoms with Crippen molar-refractivity contribution >= 4 is 63.1 Å². The molecule has 6 nitrogen and oxygen atoms in total. The number of rotatable bonds is 6. The number of aryl methyl sites for hydroxylation is 1. The van der Waals surface area contributed by atoms with Gasteiger partial charge in [0.2, 0.25) is 10.0 Å². The summed E-state index contributed by atoms with van der Waals surface area (Å²) >= 11 is 2.87. The fourth-order valence-electron chi connectivity index (χ4n) is 2.17. The second kappa shape index (κ2) is 10.5. The van der Waals surface area contributed by atoms with E-state index < -0.39 is 10.0 Å². The van der Waals surface area contributed by atoms with E-state index in [1.54, 1.807) is 24.9 Å². The van der Waals surface area contributed by atoms with E-state index in [0.717, 1.165) is 16.2 Å². The minimum atomic E-state index is -3.64. The number of aliphatic imine (C=N–C) groups is 1. The van der Waals surface area contributed by atoms with Crippen LogP contribution in [0.3, 0.4) is 0 Å². The molecule has 0 saturated carbocycles. The van der Waals surface area contributed by atoms with Crippen LogP contribution < -0.4 is 15.8 Å². The SMILES string of the molecule is CN=C(NCc1ccc(S(N)(=O)=O)s1)NCc1ccc(C)cc1SC.I. The number of benzene rings is 1. The summed E-state index contributed by atoms with van der Waals surface area (Å²) in [4.78, 5) is 6.30. The Labute approximate surface area is 180 Å². The van der Waals surface area contributed by atoms with Gasteiger partial charge in [0.1, 0.15) is 4.21 Å². The zero-order valence-electron chi connectivity index (χ0n) is 14.8. The van der Waals surface area contributed by atoms with Crippen molar-refractivity contribution in [2.24, 2.45) is 10.1 Å². The van der Waals surface area contributed by atoms with Crippen LogP contribution >= 0.6 is 47.1 Å². The predicted molar refractivity (Wildman–Crippen MR) is 121 cm³/mol. The lowest BCUT2D eigenvalue weighted by atomic mass is 10.1. The monoisotopic (exact) mass is 526 g/mol. The third-order valence-corrected chi connectivity index (χ3v) is 6.80. The summed E-state index contributed by atoms with van der Waals surface area (Å²) in [5, 5.41) is 11.6. The average Bonchev–Trinajstić information content (AvgIpc) is 3.05. The fourth-order valence-corrected chi connectivity index (χ4v) is 4.60. The first-order valence-corrected chi connectivity index (χ1v) is 11.1. The second-order valence-corrected chi connectivity index (χ2v) is 9.17. The fraction of sp³-hybridized carbons (Fsp3) is 0.312. The van der Waals surface area contributed by atoms with Gasteiger partial charge in [-0.25, -0.2) is 13.6 Å². The average molecular weight is 526 g/mol. The Morgan fingerprint density at radius 2 is 1.92 bits per heavy atom. The van der Waals surface area contributed by atoms with E-state index in [2.05, 4.69) is 47.0 Å². The van der Waals surface area contributed by atoms with Crippen LogP contribution in [0.2, 0.25) is 0 Å². The molecule has 1 heterocycles. The summed E-state index contributed by atoms with van der Waals surface area (Å²) in [7, 11) is -1.94. The lowest BCUT2D eigenvalue weighted by molar-refractivity contribution is 0.600. The van der Waals surface area contributed by atoms with Crippen molar-refractivity contribution in [1.82, 2.24) is 10.6 Å². The van der Waals surface area contributed by atoms with E-state index in [-0.39, 0.29) is 28.2 Å². The normalized spacial score (nSPS) is 11.8. The van der Waals surface area contributed by atoms with E-state index in [0.29, 0.717) is 19.0 Å². The summed E-state index contributed by atoms with van der Waals surface area (Å²) in [5.74, 6) is 0.651. The van der Waals surface area contributed by atoms with E-state index >= 15 is 0 Å². The van der Waals surface area contributed by atoms with Crippen molar-refractivity contribution < 1.29 is 8.42 Å². The molecular weight excluding hydrogens is 503 g/mol. The minimum Gasteiger partial charge on any atom is -0.352 e. The molecule has 2 rings (SSSR count). The Kier molecular flexibility index (Phi) is 9.38. The van der Waals surface area contributed by atoms with Gasteiger partial charge in [0.15, 0.2) is 5.96 Å². The summed E-state index contributed by atoms with van der Waals surface area (Å²) in [5.41, 5.74) is 2.44. The Hall–Kier alpha value is -0.820. The van der Waals surface area contributed by atoms with Gasteiger partial charge in [-0.15, -0.1) is 47.1 Å². The van der Waals surface area contributed by atoms with E-state index in [4.69, 9.17) is 5.14 Å². The van der Waals surface area contributed by atoms with Crippen LogP contribution in [0, 0.1) is 6.92 Å². The van der Waals surface area contributed by atoms with Gasteiger partial charge in [-0.1, -0.05) is 12.1 Å². The standard InChI is InChI=1S/C16H22N4O2S3.HI/c1-11-4-5-12(14(8-11)23-3)9-19-16(18-2)20-10-13-6-7-15(24-13)25(17,21)22;/h4-8H,9-10H2,1-3H3,(H2,17,21,22)(H2,18,19,20);1H. The molecule has 26 heavy (non-hydrogen) atoms. The molecule has 0 amide bonds. The van der Waals surface area contributed by atoms with Gasteiger partial charge >= 0.3 is 0 Å². The van der Waals surface area contributed by atoms with Crippen molar-refractivity contribution in [2.45, 2.75) is 29.1 Å². The van der Waals surface area contributed by atoms with E-state index in [9.17, 15) is 8.42 Å². The molecule has 0 bridgehead atoms. The maximum atomic E-state index is 11.3. The number of nitrogens with one attached hydrogen (secondary N) is 2. The van der Waals surface area contributed by atoms with Crippen molar-refractivity contribution in [3.8, 4) is 0 Å². The van der Waals surface area contributed by atoms with Crippen LogP contribution in [-0.2, 0) is 23.1 Å². The number of sulfonamides is 1. The maximum absolute atomic E-state index is 11.3. The number of nitrogens with zero attached hydrogens (tertiary/aromatic N) is 1. The summed E-state index contributed by atoms with van der Waals surface area (Å²) in [6, 6.07) is 9.63. The molecule has 0 radical (unpaired) electrons. The van der Waals surface area contributed by atoms with Gasteiger partial charge in [0.25, 0.3) is 0 Å². The number of primary sulfonamides is 1. The Morgan fingerprint density at radius 1 is 1.23 bits per heavy atom. The first-order valence-electron chi connectivity index (χ1n) is 7.53. The lowest BCUT2D eigenvalue weighted by Crippen LogP contribution is -2.36. The summed E-state index contributed by atoms with van der Waals surface area (Å²) < 4.78 is 22.8. The number of thioether (sulfide) groups is 1. The number of thiophene rings is 1. The molecule has 0 unspecified atom stereocenters. The van der Waals surface area contributed by atoms with Crippen LogP contribution in [-0.4, -0.2) is 27.7 Å². The van der Waals surface area contributed by atoms with Gasteiger partial charge in [0.05, 0.1) is 6.54 Å². The van der Waals surface area contributed by atoms with Crippen LogP contribution in [0.15, 0.2) is 44.4 Å². The molecule has 10 heteroatoms. The van der Waals surface area contributed by atoms with Crippen molar-refractivity contribution in [3.63, 3.8) is 0 Å². The van der Waals surface area contributed by atoms with Crippen LogP contribution in [0.5, 0.6) is 0 Å². The Balaban J connectivity index is 0.00000338. The van der Waals surface area contributed by atoms with Gasteiger partial charge in [0, 0.05) is 23.4 Å². The number of hydrogen-bond donors (Lipinski definition) is 3. The number of hydrogen-bond acceptors (Lipinski definition) is 5. The molecule has 0 aliphatic rings. The van der Waals surface area contributed by atoms with E-state index in [1.165, 1.54) is 22.1 Å². The molecule has 1 aromatic carbocycles. The highest BCUT2D eigenvalue weighted by Gasteiger charge is 2.11. The molecule has 1 aromatic heterocycles. The lowest BCUT2D eigenvalue weighted by Gasteiger charge is -2.13. The molecule has 0 atom stereocenters. The third-order valence-electron chi connectivity index (χ3n) is 3.46. The van der Waals surface area contributed by atoms with Gasteiger partial charge < -0.3 is 10.6 Å². The van der Waals surface area contributed by atoms with Gasteiger partial charge in [-0.3, -0.25) is 4.99 Å². The first-order chi connectivity index (χ1) is 11.8. The smallest absolute Gasteiger partial charge is 0.247 e. The molecule has 0 fully saturated rings. The highest BCUT2D eigenvalue weighted by molar-refractivity contribution is 14.0. The van der Waals surface area contributed by atoms with Crippen molar-refractivity contribution in [2.75, 3.05) is 13.3 Å². The molecular formula is C16H23IN4O2S3. The van der Waals surface area contributed by atoms with E-state index in [1.807, 2.05) is 0 Å². The Morgan fingerprint density at radius 3 is 2.50 bits per heavy atom. The quantitative estimate of drug-likeness (QED) is 0.233. The number of halogens is 1. The molecule has 0 spiro atoms. The molecule has 4 N–H and O–H groups in total. The second-order valence-electron chi connectivity index (χ2n) is 5.36. The zero-order valence-corrected chi connectivity index (χ0v) is 19.6. The molecule has 0 aliphatic heterocycles. The molecule has 0 aliphatic carbocycles. The topological polar surface area (TPSA) is 96.6 Å².